The third-order valence-electron chi connectivity index (χ3n) is 2.84. The van der Waals surface area contributed by atoms with Gasteiger partial charge in [0, 0.05) is 10.3 Å². The minimum Gasteiger partial charge on any atom is -0.504 e. The van der Waals surface area contributed by atoms with Crippen LogP contribution in [0.2, 0.25) is 10.0 Å². The largest absolute Gasteiger partial charge is 0.504 e. The van der Waals surface area contributed by atoms with Crippen LogP contribution in [0.25, 0.3) is 23.1 Å². The van der Waals surface area contributed by atoms with Gasteiger partial charge < -0.3 is 5.11 Å². The maximum absolute atomic E-state index is 9.98. The van der Waals surface area contributed by atoms with E-state index in [1.165, 1.54) is 6.07 Å². The number of aromatic hydroxyl groups is 1. The van der Waals surface area contributed by atoms with Crippen LogP contribution in [0.5, 0.6) is 5.75 Å². The summed E-state index contributed by atoms with van der Waals surface area (Å²) in [5, 5.41) is 13.4. The number of pyridine rings is 1. The average molecular weight is 322 g/mol. The molecule has 2 nitrogen and oxygen atoms in total. The van der Waals surface area contributed by atoms with Gasteiger partial charge >= 0.3 is 0 Å². The predicted molar refractivity (Wildman–Crippen MR) is 86.7 cm³/mol. The Balaban J connectivity index is 2.08. The van der Waals surface area contributed by atoms with Crippen LogP contribution >= 0.6 is 34.5 Å². The molecule has 20 heavy (non-hydrogen) atoms. The number of benzene rings is 1. The van der Waals surface area contributed by atoms with Crippen molar-refractivity contribution in [1.29, 1.82) is 0 Å². The molecule has 0 saturated heterocycles. The molecule has 2 heterocycles. The Kier molecular flexibility index (Phi) is 3.66. The van der Waals surface area contributed by atoms with E-state index < -0.39 is 0 Å². The molecule has 0 aliphatic rings. The summed E-state index contributed by atoms with van der Waals surface area (Å²) < 4.78 is 0. The SMILES string of the molecule is Oc1c(Cl)cc(Cl)c2ccc(/C=C/c3cccs3)nc12. The molecular weight excluding hydrogens is 313 g/mol. The highest BCUT2D eigenvalue weighted by Crippen LogP contribution is 2.36. The lowest BCUT2D eigenvalue weighted by molar-refractivity contribution is 0.480. The molecule has 1 N–H and O–H groups in total. The second kappa shape index (κ2) is 5.44. The Morgan fingerprint density at radius 3 is 2.70 bits per heavy atom. The number of nitrogens with zero attached hydrogens (tertiary/aromatic N) is 1. The molecule has 0 radical (unpaired) electrons. The molecule has 0 fully saturated rings. The van der Waals surface area contributed by atoms with E-state index in [2.05, 4.69) is 4.98 Å². The first-order chi connectivity index (χ1) is 9.65. The van der Waals surface area contributed by atoms with E-state index >= 15 is 0 Å². The van der Waals surface area contributed by atoms with Crippen molar-refractivity contribution in [3.8, 4) is 5.75 Å². The fraction of sp³-hybridized carbons (Fsp3) is 0. The maximum Gasteiger partial charge on any atom is 0.160 e. The van der Waals surface area contributed by atoms with E-state index in [-0.39, 0.29) is 10.8 Å². The van der Waals surface area contributed by atoms with Gasteiger partial charge in [-0.25, -0.2) is 4.98 Å². The van der Waals surface area contributed by atoms with Gasteiger partial charge in [-0.05, 0) is 41.8 Å². The standard InChI is InChI=1S/C15H9Cl2NOS/c16-12-8-13(17)15(19)14-11(12)6-4-9(18-14)3-5-10-2-1-7-20-10/h1-8,19H/b5-3+. The van der Waals surface area contributed by atoms with Crippen LogP contribution in [-0.2, 0) is 0 Å². The molecule has 0 spiro atoms. The Labute approximate surface area is 129 Å². The lowest BCUT2D eigenvalue weighted by Crippen LogP contribution is -1.86. The first kappa shape index (κ1) is 13.4. The van der Waals surface area contributed by atoms with Gasteiger partial charge in [-0.2, -0.15) is 0 Å². The minimum atomic E-state index is -0.0440. The summed E-state index contributed by atoms with van der Waals surface area (Å²) in [6.45, 7) is 0. The number of rotatable bonds is 2. The average Bonchev–Trinajstić information content (AvgIpc) is 2.96. The summed E-state index contributed by atoms with van der Waals surface area (Å²) in [6, 6.07) is 9.21. The van der Waals surface area contributed by atoms with Crippen LogP contribution in [0.15, 0.2) is 35.7 Å². The quantitative estimate of drug-likeness (QED) is 0.678. The molecule has 3 rings (SSSR count). The lowest BCUT2D eigenvalue weighted by Gasteiger charge is -2.05. The molecule has 1 aromatic carbocycles. The first-order valence-electron chi connectivity index (χ1n) is 5.84. The topological polar surface area (TPSA) is 33.1 Å². The smallest absolute Gasteiger partial charge is 0.160 e. The molecule has 0 atom stereocenters. The highest BCUT2D eigenvalue weighted by atomic mass is 35.5. The van der Waals surface area contributed by atoms with Crippen LogP contribution in [0.4, 0.5) is 0 Å². The Bertz CT molecular complexity index is 797. The number of hydrogen-bond donors (Lipinski definition) is 1. The highest BCUT2D eigenvalue weighted by molar-refractivity contribution is 7.10. The fourth-order valence-electron chi connectivity index (χ4n) is 1.86. The Morgan fingerprint density at radius 2 is 1.95 bits per heavy atom. The van der Waals surface area contributed by atoms with Gasteiger partial charge in [-0.3, -0.25) is 0 Å². The van der Waals surface area contributed by atoms with Crippen LogP contribution in [0.1, 0.15) is 10.6 Å². The molecule has 0 unspecified atom stereocenters. The van der Waals surface area contributed by atoms with Gasteiger partial charge in [-0.1, -0.05) is 29.3 Å². The number of halogens is 2. The fourth-order valence-corrected chi connectivity index (χ4v) is 3.00. The van der Waals surface area contributed by atoms with Crippen LogP contribution in [-0.4, -0.2) is 10.1 Å². The summed E-state index contributed by atoms with van der Waals surface area (Å²) in [4.78, 5) is 5.53. The Hall–Kier alpha value is -1.55. The second-order valence-corrected chi connectivity index (χ2v) is 5.96. The number of phenolic OH excluding ortho intramolecular Hbond substituents is 1. The zero-order valence-corrected chi connectivity index (χ0v) is 12.5. The van der Waals surface area contributed by atoms with Gasteiger partial charge in [0.15, 0.2) is 5.75 Å². The van der Waals surface area contributed by atoms with Gasteiger partial charge in [0.2, 0.25) is 0 Å². The van der Waals surface area contributed by atoms with E-state index in [0.29, 0.717) is 15.9 Å². The van der Waals surface area contributed by atoms with Gasteiger partial charge in [0.1, 0.15) is 5.52 Å². The third kappa shape index (κ3) is 2.52. The third-order valence-corrected chi connectivity index (χ3v) is 4.28. The van der Waals surface area contributed by atoms with Crippen molar-refractivity contribution in [2.45, 2.75) is 0 Å². The van der Waals surface area contributed by atoms with Gasteiger partial charge in [0.25, 0.3) is 0 Å². The predicted octanol–water partition coefficient (Wildman–Crippen LogP) is 5.48. The van der Waals surface area contributed by atoms with E-state index in [1.807, 2.05) is 41.8 Å². The van der Waals surface area contributed by atoms with E-state index in [0.717, 1.165) is 10.6 Å². The Morgan fingerprint density at radius 1 is 1.10 bits per heavy atom. The molecule has 0 aliphatic heterocycles. The van der Waals surface area contributed by atoms with Crippen LogP contribution in [0.3, 0.4) is 0 Å². The van der Waals surface area contributed by atoms with Crippen molar-refractivity contribution < 1.29 is 5.11 Å². The molecule has 0 bridgehead atoms. The summed E-state index contributed by atoms with van der Waals surface area (Å²) in [6.07, 6.45) is 3.86. The van der Waals surface area contributed by atoms with Crippen molar-refractivity contribution in [3.05, 3.63) is 56.3 Å². The normalized spacial score (nSPS) is 11.5. The zero-order valence-electron chi connectivity index (χ0n) is 10.2. The van der Waals surface area contributed by atoms with Crippen LogP contribution < -0.4 is 0 Å². The summed E-state index contributed by atoms with van der Waals surface area (Å²) >= 11 is 13.7. The van der Waals surface area contributed by atoms with E-state index in [4.69, 9.17) is 23.2 Å². The maximum atomic E-state index is 9.98. The second-order valence-electron chi connectivity index (χ2n) is 4.17. The van der Waals surface area contributed by atoms with Crippen molar-refractivity contribution in [3.63, 3.8) is 0 Å². The zero-order chi connectivity index (χ0) is 14.1. The van der Waals surface area contributed by atoms with E-state index in [9.17, 15) is 5.11 Å². The van der Waals surface area contributed by atoms with Crippen LogP contribution in [0, 0.1) is 0 Å². The van der Waals surface area contributed by atoms with Gasteiger partial charge in [-0.15, -0.1) is 11.3 Å². The minimum absolute atomic E-state index is 0.0440. The van der Waals surface area contributed by atoms with Crippen molar-refractivity contribution in [2.75, 3.05) is 0 Å². The molecule has 3 aromatic rings. The summed E-state index contributed by atoms with van der Waals surface area (Å²) in [5.74, 6) is -0.0440. The van der Waals surface area contributed by atoms with Crippen molar-refractivity contribution >= 4 is 57.6 Å². The molecule has 2 aromatic heterocycles. The monoisotopic (exact) mass is 321 g/mol. The van der Waals surface area contributed by atoms with Crippen molar-refractivity contribution in [2.24, 2.45) is 0 Å². The molecule has 100 valence electrons. The summed E-state index contributed by atoms with van der Waals surface area (Å²) in [7, 11) is 0. The number of hydrogen-bond acceptors (Lipinski definition) is 3. The number of thiophene rings is 1. The number of phenols is 1. The van der Waals surface area contributed by atoms with E-state index in [1.54, 1.807) is 11.3 Å². The van der Waals surface area contributed by atoms with Crippen molar-refractivity contribution in [1.82, 2.24) is 4.98 Å². The molecule has 0 aliphatic carbocycles. The van der Waals surface area contributed by atoms with Gasteiger partial charge in [0.05, 0.1) is 15.7 Å². The highest BCUT2D eigenvalue weighted by Gasteiger charge is 2.10. The first-order valence-corrected chi connectivity index (χ1v) is 7.48. The molecule has 5 heteroatoms. The number of fused-ring (bicyclic) bond motifs is 1. The molecular formula is C15H9Cl2NOS. The molecule has 0 saturated carbocycles. The molecule has 0 amide bonds. The summed E-state index contributed by atoms with van der Waals surface area (Å²) in [5.41, 5.74) is 1.15. The lowest BCUT2D eigenvalue weighted by atomic mass is 10.2. The number of aromatic nitrogens is 1.